The van der Waals surface area contributed by atoms with Crippen LogP contribution in [-0.4, -0.2) is 35.6 Å². The van der Waals surface area contributed by atoms with Crippen molar-refractivity contribution in [3.63, 3.8) is 0 Å². The van der Waals surface area contributed by atoms with Crippen molar-refractivity contribution >= 4 is 5.97 Å². The second kappa shape index (κ2) is 5.82. The van der Waals surface area contributed by atoms with Gasteiger partial charge in [0.25, 0.3) is 0 Å². The van der Waals surface area contributed by atoms with Crippen LogP contribution in [0.15, 0.2) is 30.3 Å². The van der Waals surface area contributed by atoms with Crippen molar-refractivity contribution in [1.29, 1.82) is 0 Å². The molecule has 1 aromatic carbocycles. The molecule has 17 heavy (non-hydrogen) atoms. The van der Waals surface area contributed by atoms with Crippen molar-refractivity contribution in [1.82, 2.24) is 4.90 Å². The van der Waals surface area contributed by atoms with E-state index in [2.05, 4.69) is 29.2 Å². The van der Waals surface area contributed by atoms with Crippen LogP contribution in [0.25, 0.3) is 0 Å². The van der Waals surface area contributed by atoms with E-state index in [-0.39, 0.29) is 6.42 Å². The molecule has 1 atom stereocenters. The Morgan fingerprint density at radius 1 is 1.35 bits per heavy atom. The minimum atomic E-state index is -0.702. The number of hydrogen-bond acceptors (Lipinski definition) is 2. The standard InChI is InChI=1S/C14H19NO2/c16-14(17)8-10-15-9-4-7-13(11-15)12-5-2-1-3-6-12/h1-3,5-6,13H,4,7-11H2,(H,16,17). The number of likely N-dealkylation sites (tertiary alicyclic amines) is 1. The van der Waals surface area contributed by atoms with Crippen molar-refractivity contribution < 1.29 is 9.90 Å². The number of carboxylic acids is 1. The van der Waals surface area contributed by atoms with Gasteiger partial charge in [0.1, 0.15) is 0 Å². The first-order valence-electron chi connectivity index (χ1n) is 6.25. The summed E-state index contributed by atoms with van der Waals surface area (Å²) in [6, 6.07) is 10.5. The molecule has 92 valence electrons. The Hall–Kier alpha value is -1.35. The fourth-order valence-electron chi connectivity index (χ4n) is 2.51. The van der Waals surface area contributed by atoms with Crippen molar-refractivity contribution in [3.8, 4) is 0 Å². The highest BCUT2D eigenvalue weighted by Crippen LogP contribution is 2.26. The lowest BCUT2D eigenvalue weighted by Crippen LogP contribution is -2.35. The van der Waals surface area contributed by atoms with Crippen LogP contribution in [0, 0.1) is 0 Å². The van der Waals surface area contributed by atoms with Gasteiger partial charge in [-0.05, 0) is 30.9 Å². The maximum absolute atomic E-state index is 10.6. The fraction of sp³-hybridized carbons (Fsp3) is 0.500. The van der Waals surface area contributed by atoms with E-state index in [0.717, 1.165) is 13.1 Å². The van der Waals surface area contributed by atoms with Crippen molar-refractivity contribution in [2.75, 3.05) is 19.6 Å². The highest BCUT2D eigenvalue weighted by atomic mass is 16.4. The quantitative estimate of drug-likeness (QED) is 0.867. The first-order valence-corrected chi connectivity index (χ1v) is 6.25. The van der Waals surface area contributed by atoms with Gasteiger partial charge in [-0.15, -0.1) is 0 Å². The molecule has 1 aliphatic heterocycles. The molecule has 1 saturated heterocycles. The Morgan fingerprint density at radius 2 is 2.12 bits per heavy atom. The summed E-state index contributed by atoms with van der Waals surface area (Å²) >= 11 is 0. The Labute approximate surface area is 102 Å². The minimum absolute atomic E-state index is 0.251. The number of aliphatic carboxylic acids is 1. The molecule has 1 aliphatic rings. The van der Waals surface area contributed by atoms with Crippen LogP contribution in [0.4, 0.5) is 0 Å². The van der Waals surface area contributed by atoms with Crippen LogP contribution < -0.4 is 0 Å². The van der Waals surface area contributed by atoms with Gasteiger partial charge in [-0.1, -0.05) is 30.3 Å². The summed E-state index contributed by atoms with van der Waals surface area (Å²) in [4.78, 5) is 12.8. The summed E-state index contributed by atoms with van der Waals surface area (Å²) in [6.45, 7) is 2.71. The van der Waals surface area contributed by atoms with E-state index in [1.54, 1.807) is 0 Å². The van der Waals surface area contributed by atoms with Gasteiger partial charge >= 0.3 is 5.97 Å². The summed E-state index contributed by atoms with van der Waals surface area (Å²) < 4.78 is 0. The molecule has 3 nitrogen and oxygen atoms in total. The van der Waals surface area contributed by atoms with Crippen LogP contribution in [0.5, 0.6) is 0 Å². The molecule has 2 rings (SSSR count). The summed E-state index contributed by atoms with van der Waals surface area (Å²) in [5, 5.41) is 8.70. The molecule has 0 aliphatic carbocycles. The first kappa shape index (κ1) is 12.1. The average molecular weight is 233 g/mol. The number of nitrogens with zero attached hydrogens (tertiary/aromatic N) is 1. The Balaban J connectivity index is 1.91. The smallest absolute Gasteiger partial charge is 0.304 e. The van der Waals surface area contributed by atoms with E-state index in [1.807, 2.05) is 6.07 Å². The highest BCUT2D eigenvalue weighted by molar-refractivity contribution is 5.66. The molecule has 1 N–H and O–H groups in total. The van der Waals surface area contributed by atoms with Gasteiger partial charge in [0.2, 0.25) is 0 Å². The molecule has 0 saturated carbocycles. The zero-order valence-corrected chi connectivity index (χ0v) is 10.0. The highest BCUT2D eigenvalue weighted by Gasteiger charge is 2.21. The van der Waals surface area contributed by atoms with Gasteiger partial charge in [-0.2, -0.15) is 0 Å². The SMILES string of the molecule is O=C(O)CCN1CCCC(c2ccccc2)C1. The predicted molar refractivity (Wildman–Crippen MR) is 67.1 cm³/mol. The lowest BCUT2D eigenvalue weighted by Gasteiger charge is -2.32. The lowest BCUT2D eigenvalue weighted by molar-refractivity contribution is -0.137. The first-order chi connectivity index (χ1) is 8.25. The number of piperidine rings is 1. The summed E-state index contributed by atoms with van der Waals surface area (Å²) in [6.07, 6.45) is 2.63. The van der Waals surface area contributed by atoms with Gasteiger partial charge in [-0.25, -0.2) is 0 Å². The summed E-state index contributed by atoms with van der Waals surface area (Å²) in [5.74, 6) is -0.134. The molecular formula is C14H19NO2. The number of hydrogen-bond donors (Lipinski definition) is 1. The third-order valence-electron chi connectivity index (χ3n) is 3.42. The fourth-order valence-corrected chi connectivity index (χ4v) is 2.51. The normalized spacial score (nSPS) is 21.3. The molecule has 0 spiro atoms. The molecule has 0 bridgehead atoms. The van der Waals surface area contributed by atoms with E-state index in [0.29, 0.717) is 12.5 Å². The third kappa shape index (κ3) is 3.56. The Kier molecular flexibility index (Phi) is 4.15. The molecular weight excluding hydrogens is 214 g/mol. The maximum atomic E-state index is 10.6. The zero-order valence-electron chi connectivity index (χ0n) is 10.0. The average Bonchev–Trinajstić information content (AvgIpc) is 2.38. The lowest BCUT2D eigenvalue weighted by atomic mass is 9.90. The van der Waals surface area contributed by atoms with Crippen LogP contribution in [0.2, 0.25) is 0 Å². The van der Waals surface area contributed by atoms with Gasteiger partial charge in [0.05, 0.1) is 6.42 Å². The summed E-state index contributed by atoms with van der Waals surface area (Å²) in [7, 11) is 0. The molecule has 0 amide bonds. The topological polar surface area (TPSA) is 40.5 Å². The van der Waals surface area contributed by atoms with E-state index in [9.17, 15) is 4.79 Å². The minimum Gasteiger partial charge on any atom is -0.481 e. The third-order valence-corrected chi connectivity index (χ3v) is 3.42. The van der Waals surface area contributed by atoms with E-state index in [1.165, 1.54) is 18.4 Å². The van der Waals surface area contributed by atoms with Gasteiger partial charge in [0, 0.05) is 13.1 Å². The second-order valence-corrected chi connectivity index (χ2v) is 4.69. The second-order valence-electron chi connectivity index (χ2n) is 4.69. The van der Waals surface area contributed by atoms with Gasteiger partial charge in [0.15, 0.2) is 0 Å². The van der Waals surface area contributed by atoms with Gasteiger partial charge in [-0.3, -0.25) is 4.79 Å². The van der Waals surface area contributed by atoms with Crippen LogP contribution >= 0.6 is 0 Å². The Bertz CT molecular complexity index is 364. The van der Waals surface area contributed by atoms with E-state index < -0.39 is 5.97 Å². The van der Waals surface area contributed by atoms with E-state index in [4.69, 9.17) is 5.11 Å². The molecule has 1 fully saturated rings. The molecule has 1 heterocycles. The molecule has 3 heteroatoms. The Morgan fingerprint density at radius 3 is 2.82 bits per heavy atom. The number of carboxylic acid groups (broad SMARTS) is 1. The largest absolute Gasteiger partial charge is 0.481 e. The van der Waals surface area contributed by atoms with Crippen molar-refractivity contribution in [2.24, 2.45) is 0 Å². The van der Waals surface area contributed by atoms with Crippen LogP contribution in [-0.2, 0) is 4.79 Å². The van der Waals surface area contributed by atoms with Gasteiger partial charge < -0.3 is 10.0 Å². The molecule has 0 radical (unpaired) electrons. The molecule has 1 unspecified atom stereocenters. The van der Waals surface area contributed by atoms with Crippen LogP contribution in [0.3, 0.4) is 0 Å². The van der Waals surface area contributed by atoms with Crippen molar-refractivity contribution in [2.45, 2.75) is 25.2 Å². The van der Waals surface area contributed by atoms with E-state index >= 15 is 0 Å². The number of benzene rings is 1. The number of rotatable bonds is 4. The molecule has 1 aromatic rings. The monoisotopic (exact) mass is 233 g/mol. The van der Waals surface area contributed by atoms with Crippen molar-refractivity contribution in [3.05, 3.63) is 35.9 Å². The number of carbonyl (C=O) groups is 1. The predicted octanol–water partition coefficient (Wildman–Crippen LogP) is 2.34. The zero-order chi connectivity index (χ0) is 12.1. The van der Waals surface area contributed by atoms with Crippen LogP contribution in [0.1, 0.15) is 30.7 Å². The maximum Gasteiger partial charge on any atom is 0.304 e. The molecule has 0 aromatic heterocycles. The summed E-state index contributed by atoms with van der Waals surface area (Å²) in [5.41, 5.74) is 1.38.